The maximum atomic E-state index is 5.18. The summed E-state index contributed by atoms with van der Waals surface area (Å²) < 4.78 is 0. The van der Waals surface area contributed by atoms with E-state index in [2.05, 4.69) is 9.24 Å². The van der Waals surface area contributed by atoms with E-state index >= 15 is 0 Å². The molecule has 1 heterocycles. The summed E-state index contributed by atoms with van der Waals surface area (Å²) in [6.45, 7) is 1.05. The molecule has 0 aliphatic carbocycles. The first kappa shape index (κ1) is 3.54. The molecule has 1 saturated heterocycles. The van der Waals surface area contributed by atoms with Gasteiger partial charge in [-0.1, -0.05) is 0 Å². The molecule has 1 aliphatic rings. The fourth-order valence-corrected chi connectivity index (χ4v) is 0.412. The fraction of sp³-hybridized carbons (Fsp3) is 1.00. The Hall–Kier alpha value is 0.350. The van der Waals surface area contributed by atoms with Crippen molar-refractivity contribution in [3.05, 3.63) is 0 Å². The van der Waals surface area contributed by atoms with Crippen molar-refractivity contribution in [2.75, 3.05) is 6.54 Å². The lowest BCUT2D eigenvalue weighted by molar-refractivity contribution is 0.590. The van der Waals surface area contributed by atoms with Crippen LogP contribution in [-0.4, -0.2) is 17.3 Å². The summed E-state index contributed by atoms with van der Waals surface area (Å²) in [5, 5.41) is 1.75. The van der Waals surface area contributed by atoms with Crippen LogP contribution < -0.4 is 5.84 Å². The number of hydrogen-bond donors (Lipinski definition) is 1. The van der Waals surface area contributed by atoms with Crippen molar-refractivity contribution in [3.8, 4) is 0 Å². The second-order valence-corrected chi connectivity index (χ2v) is 2.03. The van der Waals surface area contributed by atoms with Crippen LogP contribution >= 0.6 is 9.24 Å². The van der Waals surface area contributed by atoms with Crippen LogP contribution in [-0.2, 0) is 0 Å². The van der Waals surface area contributed by atoms with Crippen LogP contribution in [0.1, 0.15) is 0 Å². The molecule has 3 heteroatoms. The van der Waals surface area contributed by atoms with Gasteiger partial charge in [-0.15, -0.1) is 9.24 Å². The third-order valence-corrected chi connectivity index (χ3v) is 1.28. The van der Waals surface area contributed by atoms with Crippen LogP contribution in [0.5, 0.6) is 0 Å². The van der Waals surface area contributed by atoms with Crippen molar-refractivity contribution < 1.29 is 0 Å². The summed E-state index contributed by atoms with van der Waals surface area (Å²) in [4.78, 5) is 0. The number of rotatable bonds is 0. The largest absolute Gasteiger partial charge is 0.268 e. The molecule has 0 bridgehead atoms. The highest BCUT2D eigenvalue weighted by Gasteiger charge is 2.24. The monoisotopic (exact) mass is 90.0 g/mol. The smallest absolute Gasteiger partial charge is 0.0522 e. The van der Waals surface area contributed by atoms with Gasteiger partial charge < -0.3 is 0 Å². The molecule has 0 saturated carbocycles. The van der Waals surface area contributed by atoms with Crippen LogP contribution in [0.4, 0.5) is 0 Å². The molecule has 3 atom stereocenters. The first-order valence-electron chi connectivity index (χ1n) is 1.57. The quantitative estimate of drug-likeness (QED) is 0.244. The Balaban J connectivity index is 2.20. The topological polar surface area (TPSA) is 29.0 Å². The van der Waals surface area contributed by atoms with Gasteiger partial charge in [0, 0.05) is 6.54 Å². The van der Waals surface area contributed by atoms with E-state index in [0.29, 0.717) is 5.78 Å². The van der Waals surface area contributed by atoms with Gasteiger partial charge >= 0.3 is 0 Å². The lowest BCUT2D eigenvalue weighted by Gasteiger charge is -1.76. The van der Waals surface area contributed by atoms with Crippen molar-refractivity contribution in [3.63, 3.8) is 0 Å². The highest BCUT2D eigenvalue weighted by atomic mass is 31.0. The first-order chi connectivity index (χ1) is 2.30. The molecule has 2 N–H and O–H groups in total. The number of nitrogens with zero attached hydrogens (tertiary/aromatic N) is 1. The molecule has 0 aromatic rings. The third kappa shape index (κ3) is 0.596. The summed E-state index contributed by atoms with van der Waals surface area (Å²) in [6.07, 6.45) is 0. The van der Waals surface area contributed by atoms with Crippen LogP contribution in [0.15, 0.2) is 0 Å². The lowest BCUT2D eigenvalue weighted by Crippen LogP contribution is -2.05. The summed E-state index contributed by atoms with van der Waals surface area (Å²) in [6, 6.07) is 0. The zero-order valence-electron chi connectivity index (χ0n) is 2.89. The van der Waals surface area contributed by atoms with Gasteiger partial charge in [0.25, 0.3) is 0 Å². The highest BCUT2D eigenvalue weighted by Crippen LogP contribution is 2.16. The van der Waals surface area contributed by atoms with Crippen LogP contribution in [0.25, 0.3) is 0 Å². The van der Waals surface area contributed by atoms with Crippen molar-refractivity contribution in [2.45, 2.75) is 5.78 Å². The molecule has 1 aliphatic heterocycles. The Morgan fingerprint density at radius 1 is 2.00 bits per heavy atom. The maximum Gasteiger partial charge on any atom is 0.0522 e. The van der Waals surface area contributed by atoms with E-state index in [-0.39, 0.29) is 0 Å². The minimum Gasteiger partial charge on any atom is -0.268 e. The van der Waals surface area contributed by atoms with Crippen molar-refractivity contribution in [1.82, 2.24) is 5.01 Å². The zero-order chi connectivity index (χ0) is 3.86. The molecular formula is C2H7N2P. The molecule has 3 unspecified atom stereocenters. The first-order valence-corrected chi connectivity index (χ1v) is 2.24. The van der Waals surface area contributed by atoms with E-state index in [1.165, 1.54) is 0 Å². The molecule has 2 nitrogen and oxygen atoms in total. The van der Waals surface area contributed by atoms with Gasteiger partial charge in [0.05, 0.1) is 5.78 Å². The molecule has 0 spiro atoms. The second kappa shape index (κ2) is 0.904. The number of hydrazine groups is 1. The predicted octanol–water partition coefficient (Wildman–Crippen LogP) is -0.623. The molecule has 0 aromatic carbocycles. The Morgan fingerprint density at radius 3 is 2.20 bits per heavy atom. The molecule has 1 fully saturated rings. The second-order valence-electron chi connectivity index (χ2n) is 1.26. The third-order valence-electron chi connectivity index (χ3n) is 0.690. The Labute approximate surface area is 33.5 Å². The Bertz CT molecular complexity index is 40.9. The molecule has 1 rings (SSSR count). The average molecular weight is 90.1 g/mol. The Morgan fingerprint density at radius 2 is 2.20 bits per heavy atom. The molecule has 0 radical (unpaired) electrons. The van der Waals surface area contributed by atoms with E-state index < -0.39 is 0 Å². The normalized spacial score (nSPS) is 49.2. The van der Waals surface area contributed by atoms with Crippen LogP contribution in [0.3, 0.4) is 0 Å². The Kier molecular flexibility index (Phi) is 0.639. The zero-order valence-corrected chi connectivity index (χ0v) is 4.04. The van der Waals surface area contributed by atoms with Crippen LogP contribution in [0, 0.1) is 0 Å². The van der Waals surface area contributed by atoms with Gasteiger partial charge in [-0.05, 0) is 0 Å². The van der Waals surface area contributed by atoms with E-state index in [9.17, 15) is 0 Å². The van der Waals surface area contributed by atoms with Gasteiger partial charge in [-0.25, -0.2) is 5.01 Å². The number of hydrogen-bond acceptors (Lipinski definition) is 2. The minimum atomic E-state index is 0.579. The molecule has 5 heavy (non-hydrogen) atoms. The van der Waals surface area contributed by atoms with Gasteiger partial charge in [-0.3, -0.25) is 5.84 Å². The van der Waals surface area contributed by atoms with Crippen molar-refractivity contribution in [1.29, 1.82) is 0 Å². The summed E-state index contributed by atoms with van der Waals surface area (Å²) in [5.41, 5.74) is 0. The SMILES string of the molecule is NN1CC1P. The molecular weight excluding hydrogens is 83.0 g/mol. The highest BCUT2D eigenvalue weighted by molar-refractivity contribution is 7.18. The van der Waals surface area contributed by atoms with E-state index in [1.807, 2.05) is 0 Å². The summed E-state index contributed by atoms with van der Waals surface area (Å²) >= 11 is 0. The lowest BCUT2D eigenvalue weighted by atomic mass is 11.0. The molecule has 30 valence electrons. The molecule has 0 aromatic heterocycles. The van der Waals surface area contributed by atoms with Gasteiger partial charge in [0.1, 0.15) is 0 Å². The van der Waals surface area contributed by atoms with Crippen molar-refractivity contribution in [2.24, 2.45) is 5.84 Å². The maximum absolute atomic E-state index is 5.18. The van der Waals surface area contributed by atoms with Gasteiger partial charge in [-0.2, -0.15) is 0 Å². The fourth-order valence-electron chi connectivity index (χ4n) is 0.169. The van der Waals surface area contributed by atoms with E-state index in [4.69, 9.17) is 5.84 Å². The van der Waals surface area contributed by atoms with Gasteiger partial charge in [0.2, 0.25) is 0 Å². The van der Waals surface area contributed by atoms with Gasteiger partial charge in [0.15, 0.2) is 0 Å². The predicted molar refractivity (Wildman–Crippen MR) is 24.4 cm³/mol. The van der Waals surface area contributed by atoms with Crippen LogP contribution in [0.2, 0.25) is 0 Å². The van der Waals surface area contributed by atoms with Crippen molar-refractivity contribution >= 4 is 9.24 Å². The standard InChI is InChI=1S/C2H7N2P/c3-4-1-2(4)5/h2H,1,3,5H2. The summed E-state index contributed by atoms with van der Waals surface area (Å²) in [7, 11) is 2.61. The number of nitrogens with two attached hydrogens (primary N) is 1. The average Bonchev–Trinajstić information content (AvgIpc) is 1.79. The summed E-state index contributed by atoms with van der Waals surface area (Å²) in [5.74, 6) is 5.76. The molecule has 0 amide bonds. The minimum absolute atomic E-state index is 0.579. The van der Waals surface area contributed by atoms with E-state index in [1.54, 1.807) is 5.01 Å². The van der Waals surface area contributed by atoms with E-state index in [0.717, 1.165) is 6.54 Å².